The number of ether oxygens (including phenoxy) is 1. The van der Waals surface area contributed by atoms with Gasteiger partial charge in [0.15, 0.2) is 6.04 Å². The van der Waals surface area contributed by atoms with Gasteiger partial charge >= 0.3 is 5.97 Å². The third-order valence-corrected chi connectivity index (χ3v) is 8.81. The van der Waals surface area contributed by atoms with Crippen LogP contribution in [0.4, 0.5) is 0 Å². The first-order valence-electron chi connectivity index (χ1n) is 11.1. The van der Waals surface area contributed by atoms with Crippen molar-refractivity contribution in [2.75, 3.05) is 7.11 Å². The molecule has 5 aromatic rings. The SMILES string of the molecule is COC(=O)[C@H](Cc1c[nH]c2ccccc12)n1cc(CNS(=O)(=O)c2ccc(-c3ccccc3)s2)nn1. The third kappa shape index (κ3) is 4.94. The number of rotatable bonds is 9. The van der Waals surface area contributed by atoms with Crippen LogP contribution in [0.15, 0.2) is 83.3 Å². The van der Waals surface area contributed by atoms with Crippen LogP contribution < -0.4 is 4.72 Å². The molecule has 3 heterocycles. The number of nitrogens with one attached hydrogen (secondary N) is 2. The molecule has 0 aliphatic carbocycles. The molecule has 1 atom stereocenters. The van der Waals surface area contributed by atoms with Crippen LogP contribution in [-0.2, 0) is 32.5 Å². The van der Waals surface area contributed by atoms with Crippen LogP contribution in [0.3, 0.4) is 0 Å². The number of esters is 1. The van der Waals surface area contributed by atoms with Gasteiger partial charge < -0.3 is 9.72 Å². The van der Waals surface area contributed by atoms with E-state index >= 15 is 0 Å². The second-order valence-electron chi connectivity index (χ2n) is 8.10. The first-order chi connectivity index (χ1) is 17.4. The van der Waals surface area contributed by atoms with E-state index in [0.29, 0.717) is 12.1 Å². The van der Waals surface area contributed by atoms with Crippen LogP contribution in [0.1, 0.15) is 17.3 Å². The summed E-state index contributed by atoms with van der Waals surface area (Å²) in [5, 5.41) is 9.16. The molecule has 11 heteroatoms. The van der Waals surface area contributed by atoms with Crippen molar-refractivity contribution >= 4 is 38.2 Å². The van der Waals surface area contributed by atoms with E-state index < -0.39 is 22.0 Å². The standard InChI is InChI=1S/C25H23N5O4S2/c1-34-25(31)22(13-18-14-26-21-10-6-5-9-20(18)21)30-16-19(28-29-30)15-27-36(32,33)24-12-11-23(35-24)17-7-3-2-4-8-17/h2-12,14,16,22,26-27H,13,15H2,1H3/t22-/m0/s1. The fourth-order valence-electron chi connectivity index (χ4n) is 3.94. The second kappa shape index (κ2) is 10.1. The Hall–Kier alpha value is -3.80. The molecule has 0 saturated heterocycles. The summed E-state index contributed by atoms with van der Waals surface area (Å²) in [5.41, 5.74) is 3.24. The smallest absolute Gasteiger partial charge is 0.331 e. The normalized spacial score (nSPS) is 12.6. The van der Waals surface area contributed by atoms with Gasteiger partial charge in [-0.1, -0.05) is 53.7 Å². The van der Waals surface area contributed by atoms with E-state index in [1.807, 2.05) is 60.8 Å². The van der Waals surface area contributed by atoms with Crippen molar-refractivity contribution in [3.05, 3.63) is 90.4 Å². The topological polar surface area (TPSA) is 119 Å². The van der Waals surface area contributed by atoms with Gasteiger partial charge in [-0.25, -0.2) is 22.6 Å². The Morgan fingerprint density at radius 2 is 1.89 bits per heavy atom. The molecule has 3 aromatic heterocycles. The number of nitrogens with zero attached hydrogens (tertiary/aromatic N) is 3. The molecule has 0 amide bonds. The van der Waals surface area contributed by atoms with E-state index in [1.54, 1.807) is 18.3 Å². The molecule has 0 aliphatic rings. The Bertz CT molecular complexity index is 1610. The third-order valence-electron chi connectivity index (χ3n) is 5.79. The second-order valence-corrected chi connectivity index (χ2v) is 11.2. The maximum absolute atomic E-state index is 12.8. The van der Waals surface area contributed by atoms with Gasteiger partial charge in [0.1, 0.15) is 4.21 Å². The van der Waals surface area contributed by atoms with E-state index in [4.69, 9.17) is 4.74 Å². The Balaban J connectivity index is 1.30. The number of aromatic nitrogens is 4. The highest BCUT2D eigenvalue weighted by Crippen LogP contribution is 2.30. The van der Waals surface area contributed by atoms with E-state index in [1.165, 1.54) is 23.1 Å². The maximum atomic E-state index is 12.8. The van der Waals surface area contributed by atoms with Crippen LogP contribution in [0.2, 0.25) is 0 Å². The number of H-pyrrole nitrogens is 1. The molecule has 36 heavy (non-hydrogen) atoms. The monoisotopic (exact) mass is 521 g/mol. The Morgan fingerprint density at radius 1 is 1.11 bits per heavy atom. The average molecular weight is 522 g/mol. The minimum atomic E-state index is -3.75. The predicted octanol–water partition coefficient (Wildman–Crippen LogP) is 3.92. The molecule has 9 nitrogen and oxygen atoms in total. The Labute approximate surface area is 211 Å². The van der Waals surface area contributed by atoms with Crippen molar-refractivity contribution in [3.63, 3.8) is 0 Å². The van der Waals surface area contributed by atoms with Gasteiger partial charge in [-0.05, 0) is 29.3 Å². The summed E-state index contributed by atoms with van der Waals surface area (Å²) in [6.45, 7) is -0.0676. The highest BCUT2D eigenvalue weighted by atomic mass is 32.2. The van der Waals surface area contributed by atoms with Gasteiger partial charge in [0.25, 0.3) is 0 Å². The highest BCUT2D eigenvalue weighted by Gasteiger charge is 2.25. The minimum Gasteiger partial charge on any atom is -0.467 e. The van der Waals surface area contributed by atoms with E-state index in [9.17, 15) is 13.2 Å². The van der Waals surface area contributed by atoms with Crippen LogP contribution in [0.5, 0.6) is 0 Å². The first kappa shape index (κ1) is 23.9. The van der Waals surface area contributed by atoms with Crippen molar-refractivity contribution in [2.24, 2.45) is 0 Å². The molecule has 0 bridgehead atoms. The van der Waals surface area contributed by atoms with Crippen LogP contribution in [0, 0.1) is 0 Å². The molecule has 2 aromatic carbocycles. The number of sulfonamides is 1. The summed E-state index contributed by atoms with van der Waals surface area (Å²) in [7, 11) is -2.43. The fraction of sp³-hybridized carbons (Fsp3) is 0.160. The van der Waals surface area contributed by atoms with Crippen molar-refractivity contribution in [1.29, 1.82) is 0 Å². The van der Waals surface area contributed by atoms with Crippen molar-refractivity contribution in [1.82, 2.24) is 24.7 Å². The number of aromatic amines is 1. The van der Waals surface area contributed by atoms with Gasteiger partial charge in [-0.15, -0.1) is 16.4 Å². The highest BCUT2D eigenvalue weighted by molar-refractivity contribution is 7.91. The fourth-order valence-corrected chi connectivity index (χ4v) is 6.29. The van der Waals surface area contributed by atoms with Gasteiger partial charge in [0, 0.05) is 28.4 Å². The lowest BCUT2D eigenvalue weighted by atomic mass is 10.1. The summed E-state index contributed by atoms with van der Waals surface area (Å²) in [6, 6.07) is 20.0. The van der Waals surface area contributed by atoms with Crippen molar-refractivity contribution < 1.29 is 17.9 Å². The quantitative estimate of drug-likeness (QED) is 0.284. The summed E-state index contributed by atoms with van der Waals surface area (Å²) < 4.78 is 34.9. The van der Waals surface area contributed by atoms with Gasteiger partial charge in [-0.3, -0.25) is 0 Å². The number of fused-ring (bicyclic) bond motifs is 1. The Kier molecular flexibility index (Phi) is 6.68. The number of methoxy groups -OCH3 is 1. The zero-order chi connectivity index (χ0) is 25.1. The number of carbonyl (C=O) groups is 1. The molecule has 0 unspecified atom stereocenters. The number of carbonyl (C=O) groups excluding carboxylic acids is 1. The Morgan fingerprint density at radius 3 is 2.69 bits per heavy atom. The van der Waals surface area contributed by atoms with Crippen LogP contribution in [0.25, 0.3) is 21.3 Å². The molecule has 0 aliphatic heterocycles. The molecule has 2 N–H and O–H groups in total. The number of hydrogen-bond donors (Lipinski definition) is 2. The largest absolute Gasteiger partial charge is 0.467 e. The molecule has 5 rings (SSSR count). The lowest BCUT2D eigenvalue weighted by Gasteiger charge is -2.14. The summed E-state index contributed by atoms with van der Waals surface area (Å²) in [5.74, 6) is -0.468. The summed E-state index contributed by atoms with van der Waals surface area (Å²) >= 11 is 1.19. The number of para-hydroxylation sites is 1. The number of benzene rings is 2. The number of hydrogen-bond acceptors (Lipinski definition) is 7. The summed E-state index contributed by atoms with van der Waals surface area (Å²) in [4.78, 5) is 16.6. The lowest BCUT2D eigenvalue weighted by Crippen LogP contribution is -2.24. The zero-order valence-corrected chi connectivity index (χ0v) is 20.9. The van der Waals surface area contributed by atoms with E-state index in [2.05, 4.69) is 20.0 Å². The van der Waals surface area contributed by atoms with Gasteiger partial charge in [-0.2, -0.15) is 0 Å². The lowest BCUT2D eigenvalue weighted by molar-refractivity contribution is -0.144. The van der Waals surface area contributed by atoms with E-state index in [0.717, 1.165) is 26.9 Å². The molecule has 0 saturated carbocycles. The molecular weight excluding hydrogens is 498 g/mol. The molecule has 184 valence electrons. The minimum absolute atomic E-state index is 0.0676. The maximum Gasteiger partial charge on any atom is 0.331 e. The summed E-state index contributed by atoms with van der Waals surface area (Å²) in [6.07, 6.45) is 3.75. The molecule has 0 spiro atoms. The zero-order valence-electron chi connectivity index (χ0n) is 19.3. The average Bonchev–Trinajstić information content (AvgIpc) is 3.66. The first-order valence-corrected chi connectivity index (χ1v) is 13.4. The molecular formula is C25H23N5O4S2. The van der Waals surface area contributed by atoms with Crippen LogP contribution in [-0.4, -0.2) is 41.5 Å². The van der Waals surface area contributed by atoms with Gasteiger partial charge in [0.05, 0.1) is 25.5 Å². The van der Waals surface area contributed by atoms with E-state index in [-0.39, 0.29) is 10.8 Å². The van der Waals surface area contributed by atoms with Crippen LogP contribution >= 0.6 is 11.3 Å². The van der Waals surface area contributed by atoms with Crippen molar-refractivity contribution in [2.45, 2.75) is 23.2 Å². The molecule has 0 fully saturated rings. The van der Waals surface area contributed by atoms with Crippen molar-refractivity contribution in [3.8, 4) is 10.4 Å². The number of thiophene rings is 1. The predicted molar refractivity (Wildman–Crippen MR) is 137 cm³/mol. The van der Waals surface area contributed by atoms with Gasteiger partial charge in [0.2, 0.25) is 10.0 Å². The molecule has 0 radical (unpaired) electrons.